The molecule has 0 unspecified atom stereocenters. The number of rotatable bonds is 5. The normalized spacial score (nSPS) is 10.8. The van der Waals surface area contributed by atoms with Crippen LogP contribution in [-0.2, 0) is 9.59 Å². The number of hydrogen-bond acceptors (Lipinski definition) is 5. The molecule has 0 aliphatic heterocycles. The molecule has 8 heteroatoms. The Morgan fingerprint density at radius 2 is 2.00 bits per heavy atom. The molecule has 0 fully saturated rings. The molecule has 18 heavy (non-hydrogen) atoms. The fourth-order valence-corrected chi connectivity index (χ4v) is 1.03. The van der Waals surface area contributed by atoms with Crippen LogP contribution >= 0.6 is 0 Å². The van der Waals surface area contributed by atoms with Crippen LogP contribution in [0.15, 0.2) is 36.1 Å². The summed E-state index contributed by atoms with van der Waals surface area (Å²) in [5.41, 5.74) is -0.299. The number of carboxylic acid groups (broad SMARTS) is 2. The number of nitro benzene ring substituents is 1. The summed E-state index contributed by atoms with van der Waals surface area (Å²) in [5, 5.41) is 27.6. The van der Waals surface area contributed by atoms with E-state index >= 15 is 0 Å². The second-order valence-corrected chi connectivity index (χ2v) is 3.01. The topological polar surface area (TPSA) is 127 Å². The molecule has 0 amide bonds. The van der Waals surface area contributed by atoms with Gasteiger partial charge in [0.1, 0.15) is 5.75 Å². The van der Waals surface area contributed by atoms with Crippen LogP contribution in [0.4, 0.5) is 5.69 Å². The molecule has 0 atom stereocenters. The minimum atomic E-state index is -1.59. The van der Waals surface area contributed by atoms with Gasteiger partial charge in [0.2, 0.25) is 5.76 Å². The number of hydrogen-bond donors (Lipinski definition) is 2. The predicted molar refractivity (Wildman–Crippen MR) is 57.1 cm³/mol. The van der Waals surface area contributed by atoms with Crippen LogP contribution in [0.2, 0.25) is 0 Å². The molecular weight excluding hydrogens is 246 g/mol. The molecular formula is C10H7NO7. The molecule has 0 saturated carbocycles. The zero-order valence-electron chi connectivity index (χ0n) is 8.77. The van der Waals surface area contributed by atoms with Gasteiger partial charge in [-0.25, -0.2) is 9.59 Å². The highest BCUT2D eigenvalue weighted by molar-refractivity contribution is 5.93. The highest BCUT2D eigenvalue weighted by atomic mass is 16.6. The Hall–Kier alpha value is -2.90. The third-order valence-corrected chi connectivity index (χ3v) is 1.72. The molecule has 0 radical (unpaired) electrons. The number of ether oxygens (including phenoxy) is 1. The standard InChI is InChI=1S/C10H7NO7/c12-9(13)5-8(10(14)15)18-7-3-1-2-6(4-7)11(16)17/h1-5H,(H,12,13)(H,14,15)/b8-5-. The predicted octanol–water partition coefficient (Wildman–Crippen LogP) is 1.03. The third-order valence-electron chi connectivity index (χ3n) is 1.72. The van der Waals surface area contributed by atoms with Crippen molar-refractivity contribution in [1.29, 1.82) is 0 Å². The third kappa shape index (κ3) is 3.59. The van der Waals surface area contributed by atoms with Crippen molar-refractivity contribution in [3.8, 4) is 5.75 Å². The number of nitro groups is 1. The van der Waals surface area contributed by atoms with Crippen LogP contribution < -0.4 is 4.74 Å². The molecule has 2 N–H and O–H groups in total. The Bertz CT molecular complexity index is 535. The van der Waals surface area contributed by atoms with Gasteiger partial charge < -0.3 is 14.9 Å². The second-order valence-electron chi connectivity index (χ2n) is 3.01. The van der Waals surface area contributed by atoms with Gasteiger partial charge in [-0.1, -0.05) is 6.07 Å². The van der Waals surface area contributed by atoms with Gasteiger partial charge in [-0.2, -0.15) is 0 Å². The number of aliphatic carboxylic acids is 2. The quantitative estimate of drug-likeness (QED) is 0.347. The molecule has 0 saturated heterocycles. The monoisotopic (exact) mass is 253 g/mol. The van der Waals surface area contributed by atoms with Gasteiger partial charge in [-0.15, -0.1) is 0 Å². The van der Waals surface area contributed by atoms with Crippen molar-refractivity contribution in [2.75, 3.05) is 0 Å². The molecule has 0 bridgehead atoms. The molecule has 94 valence electrons. The van der Waals surface area contributed by atoms with Crippen LogP contribution in [0.3, 0.4) is 0 Å². The van der Waals surface area contributed by atoms with E-state index in [9.17, 15) is 19.7 Å². The lowest BCUT2D eigenvalue weighted by molar-refractivity contribution is -0.384. The van der Waals surface area contributed by atoms with Crippen molar-refractivity contribution in [2.45, 2.75) is 0 Å². The number of carbonyl (C=O) groups is 2. The zero-order valence-corrected chi connectivity index (χ0v) is 8.77. The average Bonchev–Trinajstić information content (AvgIpc) is 2.27. The molecule has 1 aromatic rings. The van der Waals surface area contributed by atoms with Gasteiger partial charge in [0, 0.05) is 6.07 Å². The van der Waals surface area contributed by atoms with E-state index in [2.05, 4.69) is 0 Å². The molecule has 1 rings (SSSR count). The maximum atomic E-state index is 10.7. The van der Waals surface area contributed by atoms with Crippen molar-refractivity contribution >= 4 is 17.6 Å². The van der Waals surface area contributed by atoms with Gasteiger partial charge in [-0.3, -0.25) is 10.1 Å². The fraction of sp³-hybridized carbons (Fsp3) is 0. The summed E-state index contributed by atoms with van der Waals surface area (Å²) in [6, 6.07) is 4.73. The van der Waals surface area contributed by atoms with Gasteiger partial charge >= 0.3 is 11.9 Å². The summed E-state index contributed by atoms with van der Waals surface area (Å²) in [6.07, 6.45) is 0.348. The minimum absolute atomic E-state index is 0.140. The number of non-ortho nitro benzene ring substituents is 1. The zero-order chi connectivity index (χ0) is 13.7. The van der Waals surface area contributed by atoms with E-state index in [0.29, 0.717) is 6.08 Å². The van der Waals surface area contributed by atoms with Crippen LogP contribution in [0.5, 0.6) is 5.75 Å². The van der Waals surface area contributed by atoms with Crippen molar-refractivity contribution in [2.24, 2.45) is 0 Å². The number of carboxylic acids is 2. The van der Waals surface area contributed by atoms with Crippen molar-refractivity contribution in [1.82, 2.24) is 0 Å². The lowest BCUT2D eigenvalue weighted by Crippen LogP contribution is -2.10. The largest absolute Gasteiger partial charge is 0.478 e. The molecule has 1 aromatic carbocycles. The Morgan fingerprint density at radius 1 is 1.33 bits per heavy atom. The SMILES string of the molecule is O=C(O)/C=C(\Oc1cccc([N+](=O)[O-])c1)C(=O)O. The summed E-state index contributed by atoms with van der Waals surface area (Å²) in [4.78, 5) is 30.8. The smallest absolute Gasteiger partial charge is 0.372 e. The highest BCUT2D eigenvalue weighted by Gasteiger charge is 2.14. The summed E-state index contributed by atoms with van der Waals surface area (Å²) in [5.74, 6) is -4.08. The lowest BCUT2D eigenvalue weighted by atomic mass is 10.3. The second kappa shape index (κ2) is 5.43. The fourth-order valence-electron chi connectivity index (χ4n) is 1.03. The average molecular weight is 253 g/mol. The van der Waals surface area contributed by atoms with E-state index in [-0.39, 0.29) is 11.4 Å². The molecule has 0 spiro atoms. The van der Waals surface area contributed by atoms with Crippen LogP contribution in [0, 0.1) is 10.1 Å². The van der Waals surface area contributed by atoms with E-state index in [0.717, 1.165) is 6.07 Å². The molecule has 8 nitrogen and oxygen atoms in total. The van der Waals surface area contributed by atoms with E-state index in [1.165, 1.54) is 18.2 Å². The van der Waals surface area contributed by atoms with Gasteiger partial charge in [0.05, 0.1) is 17.1 Å². The van der Waals surface area contributed by atoms with Crippen molar-refractivity contribution in [3.05, 3.63) is 46.2 Å². The molecule has 0 aliphatic carbocycles. The van der Waals surface area contributed by atoms with Crippen LogP contribution in [0.1, 0.15) is 0 Å². The summed E-state index contributed by atoms with van der Waals surface area (Å²) in [6.45, 7) is 0. The Labute approximate surface area is 99.9 Å². The van der Waals surface area contributed by atoms with Crippen LogP contribution in [-0.4, -0.2) is 27.1 Å². The maximum Gasteiger partial charge on any atom is 0.372 e. The van der Waals surface area contributed by atoms with Crippen molar-refractivity contribution < 1.29 is 29.5 Å². The summed E-state index contributed by atoms with van der Waals surface area (Å²) < 4.78 is 4.75. The first-order chi connectivity index (χ1) is 8.40. The van der Waals surface area contributed by atoms with Crippen LogP contribution in [0.25, 0.3) is 0 Å². The maximum absolute atomic E-state index is 10.7. The minimum Gasteiger partial charge on any atom is -0.478 e. The van der Waals surface area contributed by atoms with Gasteiger partial charge in [-0.05, 0) is 6.07 Å². The summed E-state index contributed by atoms with van der Waals surface area (Å²) in [7, 11) is 0. The van der Waals surface area contributed by atoms with E-state index < -0.39 is 22.6 Å². The molecule has 0 heterocycles. The Balaban J connectivity index is 3.01. The van der Waals surface area contributed by atoms with Crippen molar-refractivity contribution in [3.63, 3.8) is 0 Å². The lowest BCUT2D eigenvalue weighted by Gasteiger charge is -2.04. The van der Waals surface area contributed by atoms with E-state index in [4.69, 9.17) is 14.9 Å². The number of nitrogens with zero attached hydrogens (tertiary/aromatic N) is 1. The first-order valence-electron chi connectivity index (χ1n) is 4.50. The first kappa shape index (κ1) is 13.2. The van der Waals surface area contributed by atoms with E-state index in [1.807, 2.05) is 0 Å². The Morgan fingerprint density at radius 3 is 2.50 bits per heavy atom. The van der Waals surface area contributed by atoms with E-state index in [1.54, 1.807) is 0 Å². The highest BCUT2D eigenvalue weighted by Crippen LogP contribution is 2.21. The summed E-state index contributed by atoms with van der Waals surface area (Å²) >= 11 is 0. The van der Waals surface area contributed by atoms with Gasteiger partial charge in [0.15, 0.2) is 0 Å². The van der Waals surface area contributed by atoms with Gasteiger partial charge in [0.25, 0.3) is 5.69 Å². The Kier molecular flexibility index (Phi) is 3.98. The number of benzene rings is 1. The first-order valence-corrected chi connectivity index (χ1v) is 4.50. The molecule has 0 aromatic heterocycles. The molecule has 0 aliphatic rings.